The first kappa shape index (κ1) is 13.3. The molecule has 2 atom stereocenters. The molecule has 3 heteroatoms. The summed E-state index contributed by atoms with van der Waals surface area (Å²) in [6, 6.07) is 25.1. The Kier molecular flexibility index (Phi) is 2.52. The van der Waals surface area contributed by atoms with Crippen LogP contribution in [0.1, 0.15) is 23.6 Å². The molecule has 0 spiro atoms. The summed E-state index contributed by atoms with van der Waals surface area (Å²) in [5.41, 5.74) is 2.10. The van der Waals surface area contributed by atoms with Crippen LogP contribution in [0.15, 0.2) is 72.8 Å². The Labute approximate surface area is 144 Å². The highest BCUT2D eigenvalue weighted by Gasteiger charge is 2.37. The van der Waals surface area contributed by atoms with Crippen LogP contribution in [0.5, 0.6) is 11.5 Å². The van der Waals surface area contributed by atoms with Crippen molar-refractivity contribution in [2.75, 3.05) is 0 Å². The maximum Gasteiger partial charge on any atom is 0.183 e. The zero-order valence-corrected chi connectivity index (χ0v) is 13.4. The van der Waals surface area contributed by atoms with Crippen LogP contribution >= 0.6 is 0 Å². The van der Waals surface area contributed by atoms with Gasteiger partial charge in [-0.2, -0.15) is 0 Å². The number of hydrogen-bond acceptors (Lipinski definition) is 3. The Morgan fingerprint density at radius 2 is 1.04 bits per heavy atom. The van der Waals surface area contributed by atoms with Gasteiger partial charge in [0.15, 0.2) is 12.5 Å². The summed E-state index contributed by atoms with van der Waals surface area (Å²) in [6.07, 6.45) is -0.395. The fraction of sp³-hybridized carbons (Fsp3) is 0.0909. The van der Waals surface area contributed by atoms with Crippen LogP contribution in [0.4, 0.5) is 0 Å². The monoisotopic (exact) mass is 325 g/mol. The van der Waals surface area contributed by atoms with Crippen molar-refractivity contribution in [2.24, 2.45) is 0 Å². The van der Waals surface area contributed by atoms with Gasteiger partial charge in [0.25, 0.3) is 0 Å². The van der Waals surface area contributed by atoms with Crippen molar-refractivity contribution in [3.63, 3.8) is 0 Å². The van der Waals surface area contributed by atoms with Crippen molar-refractivity contribution in [3.05, 3.63) is 83.9 Å². The van der Waals surface area contributed by atoms with E-state index in [1.54, 1.807) is 0 Å². The third kappa shape index (κ3) is 1.79. The van der Waals surface area contributed by atoms with Crippen molar-refractivity contribution in [1.29, 1.82) is 0 Å². The Bertz CT molecular complexity index is 1060. The molecule has 0 saturated carbocycles. The lowest BCUT2D eigenvalue weighted by atomic mass is 9.98. The van der Waals surface area contributed by atoms with Crippen molar-refractivity contribution >= 4 is 21.5 Å². The molecule has 0 radical (unpaired) electrons. The highest BCUT2D eigenvalue weighted by atomic mass is 16.5. The molecule has 120 valence electrons. The third-order valence-electron chi connectivity index (χ3n) is 5.16. The van der Waals surface area contributed by atoms with E-state index in [0.29, 0.717) is 0 Å². The largest absolute Gasteiger partial charge is 0.470 e. The number of ether oxygens (including phenoxy) is 2. The maximum atomic E-state index is 6.40. The van der Waals surface area contributed by atoms with E-state index in [9.17, 15) is 0 Å². The number of benzene rings is 4. The molecule has 2 aliphatic rings. The summed E-state index contributed by atoms with van der Waals surface area (Å²) in [7, 11) is 0. The first-order valence-corrected chi connectivity index (χ1v) is 8.51. The molecule has 0 fully saturated rings. The number of hydrogen-bond donors (Lipinski definition) is 1. The van der Waals surface area contributed by atoms with Gasteiger partial charge in [0.1, 0.15) is 11.5 Å². The summed E-state index contributed by atoms with van der Waals surface area (Å²) in [4.78, 5) is 0. The van der Waals surface area contributed by atoms with E-state index in [2.05, 4.69) is 66.0 Å². The summed E-state index contributed by atoms with van der Waals surface area (Å²) in [6.45, 7) is 0. The lowest BCUT2D eigenvalue weighted by molar-refractivity contribution is 0.0190. The zero-order chi connectivity index (χ0) is 16.4. The molecule has 4 aromatic rings. The molecular formula is C22H15NO2. The molecule has 6 rings (SSSR count). The van der Waals surface area contributed by atoms with E-state index in [1.807, 2.05) is 12.1 Å². The summed E-state index contributed by atoms with van der Waals surface area (Å²) >= 11 is 0. The van der Waals surface area contributed by atoms with E-state index < -0.39 is 0 Å². The second-order valence-corrected chi connectivity index (χ2v) is 6.57. The molecule has 3 nitrogen and oxygen atoms in total. The fourth-order valence-corrected chi connectivity index (χ4v) is 3.94. The van der Waals surface area contributed by atoms with E-state index in [-0.39, 0.29) is 12.5 Å². The van der Waals surface area contributed by atoms with Gasteiger partial charge in [-0.15, -0.1) is 0 Å². The normalized spacial score (nSPS) is 20.5. The molecule has 0 aromatic heterocycles. The molecule has 1 N–H and O–H groups in total. The van der Waals surface area contributed by atoms with Gasteiger partial charge in [-0.05, 0) is 22.9 Å². The number of rotatable bonds is 0. The summed E-state index contributed by atoms with van der Waals surface area (Å²) in [5, 5.41) is 8.07. The SMILES string of the molecule is c1ccc2c3c(ccc2c1)[C@@H]1N[C@H](O3)c2ccc3ccccc3c2O1. The minimum atomic E-state index is -0.198. The van der Waals surface area contributed by atoms with Gasteiger partial charge >= 0.3 is 0 Å². The molecule has 25 heavy (non-hydrogen) atoms. The highest BCUT2D eigenvalue weighted by Crippen LogP contribution is 2.48. The van der Waals surface area contributed by atoms with Gasteiger partial charge in [0, 0.05) is 10.8 Å². The van der Waals surface area contributed by atoms with Crippen molar-refractivity contribution in [3.8, 4) is 11.5 Å². The van der Waals surface area contributed by atoms with Crippen molar-refractivity contribution in [2.45, 2.75) is 12.5 Å². The standard InChI is InChI=1S/C22H15NO2/c1-3-7-15-13(5-1)9-11-17-19(15)24-22-18-12-10-14-6-2-4-8-16(14)20(18)25-21(17)23-22/h1-12,21-23H/t21-,22-/m1/s1. The van der Waals surface area contributed by atoms with Crippen molar-refractivity contribution < 1.29 is 9.47 Å². The van der Waals surface area contributed by atoms with Crippen LogP contribution < -0.4 is 14.8 Å². The van der Waals surface area contributed by atoms with Gasteiger partial charge in [-0.3, -0.25) is 0 Å². The van der Waals surface area contributed by atoms with E-state index in [0.717, 1.165) is 33.4 Å². The molecule has 0 saturated heterocycles. The molecule has 0 amide bonds. The predicted molar refractivity (Wildman–Crippen MR) is 97.8 cm³/mol. The van der Waals surface area contributed by atoms with Crippen LogP contribution in [0, 0.1) is 0 Å². The van der Waals surface area contributed by atoms with Crippen LogP contribution in [-0.4, -0.2) is 0 Å². The van der Waals surface area contributed by atoms with E-state index in [4.69, 9.17) is 9.47 Å². The second-order valence-electron chi connectivity index (χ2n) is 6.57. The summed E-state index contributed by atoms with van der Waals surface area (Å²) < 4.78 is 12.8. The minimum absolute atomic E-state index is 0.198. The smallest absolute Gasteiger partial charge is 0.183 e. The third-order valence-corrected chi connectivity index (χ3v) is 5.16. The highest BCUT2D eigenvalue weighted by molar-refractivity contribution is 5.92. The molecule has 2 aliphatic heterocycles. The van der Waals surface area contributed by atoms with Crippen LogP contribution in [0.2, 0.25) is 0 Å². The minimum Gasteiger partial charge on any atom is -0.470 e. The zero-order valence-electron chi connectivity index (χ0n) is 13.4. The Balaban J connectivity index is 1.59. The average Bonchev–Trinajstić information content (AvgIpc) is 2.68. The molecule has 2 heterocycles. The second kappa shape index (κ2) is 4.74. The van der Waals surface area contributed by atoms with Gasteiger partial charge < -0.3 is 9.47 Å². The van der Waals surface area contributed by atoms with Crippen LogP contribution in [0.25, 0.3) is 21.5 Å². The van der Waals surface area contributed by atoms with Crippen LogP contribution in [0.3, 0.4) is 0 Å². The van der Waals surface area contributed by atoms with Gasteiger partial charge in [-0.25, -0.2) is 5.32 Å². The predicted octanol–water partition coefficient (Wildman–Crippen LogP) is 5.06. The molecular weight excluding hydrogens is 310 g/mol. The Morgan fingerprint density at radius 1 is 0.560 bits per heavy atom. The molecule has 0 aliphatic carbocycles. The Morgan fingerprint density at radius 3 is 1.56 bits per heavy atom. The quantitative estimate of drug-likeness (QED) is 0.490. The molecule has 2 bridgehead atoms. The Hall–Kier alpha value is -3.04. The first-order valence-electron chi connectivity index (χ1n) is 8.51. The van der Waals surface area contributed by atoms with Crippen LogP contribution in [-0.2, 0) is 0 Å². The lowest BCUT2D eigenvalue weighted by Crippen LogP contribution is -2.41. The lowest BCUT2D eigenvalue weighted by Gasteiger charge is -2.39. The average molecular weight is 325 g/mol. The molecule has 4 aromatic carbocycles. The molecule has 0 unspecified atom stereocenters. The van der Waals surface area contributed by atoms with E-state index >= 15 is 0 Å². The topological polar surface area (TPSA) is 30.5 Å². The van der Waals surface area contributed by atoms with Gasteiger partial charge in [0.2, 0.25) is 0 Å². The fourth-order valence-electron chi connectivity index (χ4n) is 3.94. The van der Waals surface area contributed by atoms with Gasteiger partial charge in [0.05, 0.1) is 11.1 Å². The number of fused-ring (bicyclic) bond motifs is 10. The van der Waals surface area contributed by atoms with E-state index in [1.165, 1.54) is 10.8 Å². The van der Waals surface area contributed by atoms with Crippen molar-refractivity contribution in [1.82, 2.24) is 5.32 Å². The first-order chi connectivity index (χ1) is 12.4. The summed E-state index contributed by atoms with van der Waals surface area (Å²) in [5.74, 6) is 1.84. The number of nitrogens with one attached hydrogen (secondary N) is 1. The van der Waals surface area contributed by atoms with Gasteiger partial charge in [-0.1, -0.05) is 60.7 Å². The maximum absolute atomic E-state index is 6.40.